The van der Waals surface area contributed by atoms with E-state index in [1.54, 1.807) is 6.92 Å². The smallest absolute Gasteiger partial charge is 0.270 e. The Kier molecular flexibility index (Phi) is 5.54. The SMILES string of the molecule is CCOc1ccccc1CNC(=O)c1cc(OC)c2cc(F)cc(C)c2n1. The summed E-state index contributed by atoms with van der Waals surface area (Å²) >= 11 is 0. The quantitative estimate of drug-likeness (QED) is 0.714. The lowest BCUT2D eigenvalue weighted by Gasteiger charge is -2.12. The number of para-hydroxylation sites is 1. The van der Waals surface area contributed by atoms with Crippen molar-refractivity contribution in [3.63, 3.8) is 0 Å². The zero-order valence-corrected chi connectivity index (χ0v) is 15.5. The first kappa shape index (κ1) is 18.6. The molecule has 0 aliphatic heterocycles. The van der Waals surface area contributed by atoms with Crippen LogP contribution in [0.3, 0.4) is 0 Å². The Labute approximate surface area is 157 Å². The first-order valence-corrected chi connectivity index (χ1v) is 8.67. The summed E-state index contributed by atoms with van der Waals surface area (Å²) in [5.41, 5.74) is 2.26. The first-order chi connectivity index (χ1) is 13.0. The number of ether oxygens (including phenoxy) is 2. The molecule has 0 saturated carbocycles. The second-order valence-corrected chi connectivity index (χ2v) is 6.05. The summed E-state index contributed by atoms with van der Waals surface area (Å²) in [6, 6.07) is 11.8. The van der Waals surface area contributed by atoms with Gasteiger partial charge >= 0.3 is 0 Å². The number of hydrogen-bond donors (Lipinski definition) is 1. The zero-order chi connectivity index (χ0) is 19.4. The molecule has 0 radical (unpaired) electrons. The molecule has 6 heteroatoms. The minimum Gasteiger partial charge on any atom is -0.496 e. The fourth-order valence-corrected chi connectivity index (χ4v) is 2.92. The van der Waals surface area contributed by atoms with Gasteiger partial charge in [-0.25, -0.2) is 9.37 Å². The number of hydrogen-bond acceptors (Lipinski definition) is 4. The molecule has 27 heavy (non-hydrogen) atoms. The molecule has 2 aromatic carbocycles. The van der Waals surface area contributed by atoms with Crippen molar-refractivity contribution in [3.05, 3.63) is 65.1 Å². The van der Waals surface area contributed by atoms with Gasteiger partial charge in [-0.15, -0.1) is 0 Å². The highest BCUT2D eigenvalue weighted by Crippen LogP contribution is 2.28. The van der Waals surface area contributed by atoms with E-state index in [2.05, 4.69) is 10.3 Å². The molecule has 5 nitrogen and oxygen atoms in total. The average Bonchev–Trinajstić information content (AvgIpc) is 2.66. The molecule has 0 bridgehead atoms. The molecule has 3 aromatic rings. The number of fused-ring (bicyclic) bond motifs is 1. The van der Waals surface area contributed by atoms with Gasteiger partial charge in [0.15, 0.2) is 0 Å². The Balaban J connectivity index is 1.88. The minimum absolute atomic E-state index is 0.211. The van der Waals surface area contributed by atoms with Crippen molar-refractivity contribution in [2.75, 3.05) is 13.7 Å². The van der Waals surface area contributed by atoms with Gasteiger partial charge in [0, 0.05) is 23.6 Å². The lowest BCUT2D eigenvalue weighted by molar-refractivity contribution is 0.0945. The Hall–Kier alpha value is -3.15. The third-order valence-corrected chi connectivity index (χ3v) is 4.20. The van der Waals surface area contributed by atoms with Gasteiger partial charge in [0.1, 0.15) is 23.0 Å². The molecule has 0 saturated heterocycles. The molecule has 1 aromatic heterocycles. The maximum Gasteiger partial charge on any atom is 0.270 e. The maximum atomic E-state index is 13.7. The van der Waals surface area contributed by atoms with E-state index in [4.69, 9.17) is 9.47 Å². The molecule has 0 aliphatic carbocycles. The van der Waals surface area contributed by atoms with E-state index in [9.17, 15) is 9.18 Å². The Morgan fingerprint density at radius 3 is 2.70 bits per heavy atom. The van der Waals surface area contributed by atoms with Crippen molar-refractivity contribution in [2.24, 2.45) is 0 Å². The van der Waals surface area contributed by atoms with Crippen LogP contribution in [0.2, 0.25) is 0 Å². The van der Waals surface area contributed by atoms with E-state index in [0.717, 1.165) is 11.3 Å². The predicted molar refractivity (Wildman–Crippen MR) is 102 cm³/mol. The molecule has 140 valence electrons. The van der Waals surface area contributed by atoms with Crippen LogP contribution in [0.1, 0.15) is 28.5 Å². The number of nitrogens with one attached hydrogen (secondary N) is 1. The minimum atomic E-state index is -0.371. The molecule has 0 atom stereocenters. The van der Waals surface area contributed by atoms with Crippen molar-refractivity contribution in [2.45, 2.75) is 20.4 Å². The molecule has 1 amide bonds. The van der Waals surface area contributed by atoms with Gasteiger partial charge < -0.3 is 14.8 Å². The number of pyridine rings is 1. The van der Waals surface area contributed by atoms with Gasteiger partial charge in [-0.05, 0) is 37.6 Å². The van der Waals surface area contributed by atoms with Crippen LogP contribution < -0.4 is 14.8 Å². The number of aryl methyl sites for hydroxylation is 1. The van der Waals surface area contributed by atoms with Crippen LogP contribution in [0.15, 0.2) is 42.5 Å². The van der Waals surface area contributed by atoms with E-state index in [-0.39, 0.29) is 17.4 Å². The van der Waals surface area contributed by atoms with E-state index in [0.29, 0.717) is 35.4 Å². The fourth-order valence-electron chi connectivity index (χ4n) is 2.92. The topological polar surface area (TPSA) is 60.5 Å². The van der Waals surface area contributed by atoms with E-state index in [1.807, 2.05) is 31.2 Å². The normalized spacial score (nSPS) is 10.7. The molecule has 3 rings (SSSR count). The first-order valence-electron chi connectivity index (χ1n) is 8.67. The summed E-state index contributed by atoms with van der Waals surface area (Å²) in [6.45, 7) is 4.51. The maximum absolute atomic E-state index is 13.7. The third kappa shape index (κ3) is 4.00. The highest BCUT2D eigenvalue weighted by Gasteiger charge is 2.15. The number of aromatic nitrogens is 1. The van der Waals surface area contributed by atoms with Gasteiger partial charge in [0.2, 0.25) is 0 Å². The van der Waals surface area contributed by atoms with Crippen LogP contribution in [-0.2, 0) is 6.54 Å². The highest BCUT2D eigenvalue weighted by molar-refractivity contribution is 5.97. The number of methoxy groups -OCH3 is 1. The summed E-state index contributed by atoms with van der Waals surface area (Å²) < 4.78 is 24.6. The van der Waals surface area contributed by atoms with Crippen molar-refractivity contribution in [1.29, 1.82) is 0 Å². The van der Waals surface area contributed by atoms with Crippen molar-refractivity contribution in [3.8, 4) is 11.5 Å². The number of halogens is 1. The lowest BCUT2D eigenvalue weighted by atomic mass is 10.1. The van der Waals surface area contributed by atoms with Gasteiger partial charge in [-0.1, -0.05) is 18.2 Å². The standard InChI is InChI=1S/C21H21FN2O3/c1-4-27-18-8-6-5-7-14(18)12-23-21(25)17-11-19(26-3)16-10-15(22)9-13(2)20(16)24-17/h5-11H,4,12H2,1-3H3,(H,23,25). The summed E-state index contributed by atoms with van der Waals surface area (Å²) in [5, 5.41) is 3.39. The summed E-state index contributed by atoms with van der Waals surface area (Å²) in [6.07, 6.45) is 0. The van der Waals surface area contributed by atoms with Crippen LogP contribution in [0.5, 0.6) is 11.5 Å². The highest BCUT2D eigenvalue weighted by atomic mass is 19.1. The van der Waals surface area contributed by atoms with Crippen molar-refractivity contribution >= 4 is 16.8 Å². The van der Waals surface area contributed by atoms with Gasteiger partial charge in [-0.3, -0.25) is 4.79 Å². The van der Waals surface area contributed by atoms with Gasteiger partial charge in [0.05, 0.1) is 19.2 Å². The second kappa shape index (κ2) is 8.03. The summed E-state index contributed by atoms with van der Waals surface area (Å²) in [4.78, 5) is 17.0. The zero-order valence-electron chi connectivity index (χ0n) is 15.5. The summed E-state index contributed by atoms with van der Waals surface area (Å²) in [5.74, 6) is 0.424. The van der Waals surface area contributed by atoms with E-state index >= 15 is 0 Å². The second-order valence-electron chi connectivity index (χ2n) is 6.05. The molecule has 0 fully saturated rings. The van der Waals surface area contributed by atoms with Gasteiger partial charge in [-0.2, -0.15) is 0 Å². The van der Waals surface area contributed by atoms with Crippen LogP contribution in [-0.4, -0.2) is 24.6 Å². The number of carbonyl (C=O) groups excluding carboxylic acids is 1. The number of carbonyl (C=O) groups is 1. The molecule has 0 spiro atoms. The molecule has 0 aliphatic rings. The van der Waals surface area contributed by atoms with Gasteiger partial charge in [0.25, 0.3) is 5.91 Å². The number of benzene rings is 2. The number of rotatable bonds is 6. The lowest BCUT2D eigenvalue weighted by Crippen LogP contribution is -2.24. The average molecular weight is 368 g/mol. The summed E-state index contributed by atoms with van der Waals surface area (Å²) in [7, 11) is 1.48. The monoisotopic (exact) mass is 368 g/mol. The Morgan fingerprint density at radius 1 is 1.19 bits per heavy atom. The Morgan fingerprint density at radius 2 is 1.96 bits per heavy atom. The Bertz CT molecular complexity index is 989. The predicted octanol–water partition coefficient (Wildman–Crippen LogP) is 4.02. The van der Waals surface area contributed by atoms with Crippen LogP contribution >= 0.6 is 0 Å². The van der Waals surface area contributed by atoms with Crippen LogP contribution in [0, 0.1) is 12.7 Å². The molecular weight excluding hydrogens is 347 g/mol. The number of amides is 1. The van der Waals surface area contributed by atoms with E-state index < -0.39 is 0 Å². The molecule has 1 N–H and O–H groups in total. The fraction of sp³-hybridized carbons (Fsp3) is 0.238. The van der Waals surface area contributed by atoms with Crippen LogP contribution in [0.25, 0.3) is 10.9 Å². The van der Waals surface area contributed by atoms with Crippen LogP contribution in [0.4, 0.5) is 4.39 Å². The van der Waals surface area contributed by atoms with Crippen molar-refractivity contribution < 1.29 is 18.7 Å². The molecule has 0 unspecified atom stereocenters. The third-order valence-electron chi connectivity index (χ3n) is 4.20. The largest absolute Gasteiger partial charge is 0.496 e. The molecule has 1 heterocycles. The van der Waals surface area contributed by atoms with E-state index in [1.165, 1.54) is 25.3 Å². The number of nitrogens with zero attached hydrogens (tertiary/aromatic N) is 1. The van der Waals surface area contributed by atoms with Crippen molar-refractivity contribution in [1.82, 2.24) is 10.3 Å². The molecular formula is C21H21FN2O3.